The zero-order valence-corrected chi connectivity index (χ0v) is 16.2. The number of hydrogen-bond acceptors (Lipinski definition) is 6. The minimum absolute atomic E-state index is 0.0783. The molecule has 0 saturated heterocycles. The molecule has 3 heterocycles. The summed E-state index contributed by atoms with van der Waals surface area (Å²) in [5.74, 6) is 1.37. The van der Waals surface area contributed by atoms with E-state index in [9.17, 15) is 4.79 Å². The molecular formula is C16H17BrN6OS. The molecule has 3 rings (SSSR count). The highest BCUT2D eigenvalue weighted by Gasteiger charge is 2.08. The van der Waals surface area contributed by atoms with E-state index >= 15 is 0 Å². The summed E-state index contributed by atoms with van der Waals surface area (Å²) < 4.78 is 2.83. The van der Waals surface area contributed by atoms with Gasteiger partial charge in [-0.15, -0.1) is 11.3 Å². The van der Waals surface area contributed by atoms with Crippen LogP contribution in [0.1, 0.15) is 21.1 Å². The average Bonchev–Trinajstić information content (AvgIpc) is 3.18. The molecular weight excluding hydrogens is 404 g/mol. The number of aryl methyl sites for hydroxylation is 1. The molecule has 25 heavy (non-hydrogen) atoms. The van der Waals surface area contributed by atoms with Crippen LogP contribution in [-0.4, -0.2) is 38.5 Å². The zero-order chi connectivity index (χ0) is 17.8. The molecule has 0 unspecified atom stereocenters. The van der Waals surface area contributed by atoms with Crippen molar-refractivity contribution in [2.75, 3.05) is 18.4 Å². The van der Waals surface area contributed by atoms with Crippen molar-refractivity contribution in [1.82, 2.24) is 24.8 Å². The Hall–Kier alpha value is -2.26. The Morgan fingerprint density at radius 3 is 2.76 bits per heavy atom. The number of thiophene rings is 1. The van der Waals surface area contributed by atoms with Gasteiger partial charge in [-0.1, -0.05) is 0 Å². The average molecular weight is 421 g/mol. The number of hydrogen-bond donors (Lipinski definition) is 2. The molecule has 130 valence electrons. The van der Waals surface area contributed by atoms with Crippen molar-refractivity contribution in [2.45, 2.75) is 13.8 Å². The van der Waals surface area contributed by atoms with E-state index in [1.54, 1.807) is 12.4 Å². The Labute approximate surface area is 157 Å². The van der Waals surface area contributed by atoms with Gasteiger partial charge in [-0.3, -0.25) is 9.36 Å². The van der Waals surface area contributed by atoms with Crippen LogP contribution in [0, 0.1) is 13.8 Å². The number of rotatable bonds is 6. The van der Waals surface area contributed by atoms with Crippen molar-refractivity contribution >= 4 is 39.0 Å². The molecule has 0 atom stereocenters. The summed E-state index contributed by atoms with van der Waals surface area (Å²) in [6, 6.07) is 3.66. The number of nitrogens with zero attached hydrogens (tertiary/aromatic N) is 4. The summed E-state index contributed by atoms with van der Waals surface area (Å²) in [5, 5.41) is 7.94. The summed E-state index contributed by atoms with van der Waals surface area (Å²) in [4.78, 5) is 25.4. The molecule has 3 aromatic rings. The molecule has 9 heteroatoms. The number of carbonyl (C=O) groups excluding carboxylic acids is 1. The first-order valence-corrected chi connectivity index (χ1v) is 9.31. The standard InChI is InChI=1S/C16H17BrN6OS/c1-10-11(2)23(9-22-10)15-6-14(20-8-21-15)18-3-4-19-16(24)13-5-12(17)7-25-13/h5-9H,3-4H2,1-2H3,(H,19,24)(H,18,20,21). The number of nitrogens with one attached hydrogen (secondary N) is 2. The second-order valence-corrected chi connectivity index (χ2v) is 7.19. The highest BCUT2D eigenvalue weighted by molar-refractivity contribution is 9.10. The summed E-state index contributed by atoms with van der Waals surface area (Å²) in [6.07, 6.45) is 3.25. The first kappa shape index (κ1) is 17.6. The van der Waals surface area contributed by atoms with E-state index in [1.807, 2.05) is 29.9 Å². The molecule has 0 radical (unpaired) electrons. The molecule has 0 aromatic carbocycles. The van der Waals surface area contributed by atoms with Crippen LogP contribution in [0.2, 0.25) is 0 Å². The summed E-state index contributed by atoms with van der Waals surface area (Å²) >= 11 is 4.75. The van der Waals surface area contributed by atoms with Crippen molar-refractivity contribution in [3.8, 4) is 5.82 Å². The third-order valence-electron chi connectivity index (χ3n) is 3.66. The molecule has 0 bridgehead atoms. The van der Waals surface area contributed by atoms with E-state index in [1.165, 1.54) is 17.7 Å². The summed E-state index contributed by atoms with van der Waals surface area (Å²) in [6.45, 7) is 5.02. The molecule has 3 aromatic heterocycles. The smallest absolute Gasteiger partial charge is 0.261 e. The van der Waals surface area contributed by atoms with E-state index in [2.05, 4.69) is 41.5 Å². The monoisotopic (exact) mass is 420 g/mol. The highest BCUT2D eigenvalue weighted by Crippen LogP contribution is 2.19. The van der Waals surface area contributed by atoms with Crippen LogP contribution in [0.4, 0.5) is 5.82 Å². The van der Waals surface area contributed by atoms with E-state index in [4.69, 9.17) is 0 Å². The van der Waals surface area contributed by atoms with Crippen LogP contribution in [-0.2, 0) is 0 Å². The Bertz CT molecular complexity index is 890. The normalized spacial score (nSPS) is 10.7. The molecule has 0 spiro atoms. The second-order valence-electron chi connectivity index (χ2n) is 5.36. The van der Waals surface area contributed by atoms with Crippen molar-refractivity contribution in [1.29, 1.82) is 0 Å². The Morgan fingerprint density at radius 1 is 1.24 bits per heavy atom. The number of halogens is 1. The van der Waals surface area contributed by atoms with Crippen molar-refractivity contribution in [3.63, 3.8) is 0 Å². The first-order valence-electron chi connectivity index (χ1n) is 7.63. The minimum Gasteiger partial charge on any atom is -0.368 e. The van der Waals surface area contributed by atoms with E-state index < -0.39 is 0 Å². The molecule has 0 aliphatic heterocycles. The Balaban J connectivity index is 1.54. The van der Waals surface area contributed by atoms with Crippen LogP contribution in [0.15, 0.2) is 34.6 Å². The van der Waals surface area contributed by atoms with Crippen LogP contribution in [0.25, 0.3) is 5.82 Å². The fourth-order valence-electron chi connectivity index (χ4n) is 2.19. The number of amides is 1. The zero-order valence-electron chi connectivity index (χ0n) is 13.8. The Kier molecular flexibility index (Phi) is 5.44. The lowest BCUT2D eigenvalue weighted by atomic mass is 10.4. The van der Waals surface area contributed by atoms with Gasteiger partial charge in [0, 0.05) is 34.7 Å². The highest BCUT2D eigenvalue weighted by atomic mass is 79.9. The van der Waals surface area contributed by atoms with Gasteiger partial charge in [-0.2, -0.15) is 0 Å². The van der Waals surface area contributed by atoms with Gasteiger partial charge < -0.3 is 10.6 Å². The number of aromatic nitrogens is 4. The molecule has 7 nitrogen and oxygen atoms in total. The SMILES string of the molecule is Cc1ncn(-c2cc(NCCNC(=O)c3cc(Br)cs3)ncn2)c1C. The van der Waals surface area contributed by atoms with Crippen LogP contribution in [0.3, 0.4) is 0 Å². The van der Waals surface area contributed by atoms with Crippen molar-refractivity contribution < 1.29 is 4.79 Å². The predicted molar refractivity (Wildman–Crippen MR) is 101 cm³/mol. The maximum Gasteiger partial charge on any atom is 0.261 e. The van der Waals surface area contributed by atoms with Gasteiger partial charge in [0.25, 0.3) is 5.91 Å². The van der Waals surface area contributed by atoms with Crippen LogP contribution >= 0.6 is 27.3 Å². The van der Waals surface area contributed by atoms with E-state index in [0.29, 0.717) is 23.8 Å². The van der Waals surface area contributed by atoms with E-state index in [-0.39, 0.29) is 5.91 Å². The summed E-state index contributed by atoms with van der Waals surface area (Å²) in [5.41, 5.74) is 2.01. The predicted octanol–water partition coefficient (Wildman–Crippen LogP) is 2.95. The molecule has 2 N–H and O–H groups in total. The third-order valence-corrected chi connectivity index (χ3v) is 5.35. The second kappa shape index (κ2) is 7.75. The minimum atomic E-state index is -0.0783. The quantitative estimate of drug-likeness (QED) is 0.598. The topological polar surface area (TPSA) is 84.7 Å². The van der Waals surface area contributed by atoms with Gasteiger partial charge in [0.2, 0.25) is 0 Å². The van der Waals surface area contributed by atoms with Crippen LogP contribution < -0.4 is 10.6 Å². The van der Waals surface area contributed by atoms with Crippen molar-refractivity contribution in [2.24, 2.45) is 0 Å². The van der Waals surface area contributed by atoms with Gasteiger partial charge in [0.15, 0.2) is 0 Å². The number of imidazole rings is 1. The number of carbonyl (C=O) groups is 1. The number of anilines is 1. The first-order chi connectivity index (χ1) is 12.0. The molecule has 0 fully saturated rings. The maximum atomic E-state index is 12.0. The summed E-state index contributed by atoms with van der Waals surface area (Å²) in [7, 11) is 0. The fourth-order valence-corrected chi connectivity index (χ4v) is 3.53. The van der Waals surface area contributed by atoms with Gasteiger partial charge in [-0.05, 0) is 35.8 Å². The lowest BCUT2D eigenvalue weighted by Gasteiger charge is -2.09. The van der Waals surface area contributed by atoms with Crippen molar-refractivity contribution in [3.05, 3.63) is 50.9 Å². The van der Waals surface area contributed by atoms with Gasteiger partial charge in [-0.25, -0.2) is 15.0 Å². The van der Waals surface area contributed by atoms with Gasteiger partial charge >= 0.3 is 0 Å². The van der Waals surface area contributed by atoms with Gasteiger partial charge in [0.1, 0.15) is 24.3 Å². The molecule has 1 amide bonds. The molecule has 0 aliphatic carbocycles. The maximum absolute atomic E-state index is 12.0. The van der Waals surface area contributed by atoms with Gasteiger partial charge in [0.05, 0.1) is 10.6 Å². The lowest BCUT2D eigenvalue weighted by molar-refractivity contribution is 0.0959. The third kappa shape index (κ3) is 4.23. The van der Waals surface area contributed by atoms with Crippen LogP contribution in [0.5, 0.6) is 0 Å². The molecule has 0 aliphatic rings. The largest absolute Gasteiger partial charge is 0.368 e. The molecule has 0 saturated carbocycles. The lowest BCUT2D eigenvalue weighted by Crippen LogP contribution is -2.28. The Morgan fingerprint density at radius 2 is 2.08 bits per heavy atom. The fraction of sp³-hybridized carbons (Fsp3) is 0.250. The van der Waals surface area contributed by atoms with E-state index in [0.717, 1.165) is 21.7 Å².